The normalized spacial score (nSPS) is 34.8. The van der Waals surface area contributed by atoms with E-state index in [2.05, 4.69) is 19.9 Å². The van der Waals surface area contributed by atoms with Crippen LogP contribution in [0.4, 0.5) is 0 Å². The Labute approximate surface area is 80.2 Å². The molecule has 0 amide bonds. The monoisotopic (exact) mass is 178 g/mol. The van der Waals surface area contributed by atoms with E-state index in [4.69, 9.17) is 0 Å². The van der Waals surface area contributed by atoms with E-state index in [1.54, 1.807) is 0 Å². The summed E-state index contributed by atoms with van der Waals surface area (Å²) in [6.07, 6.45) is 7.63. The molecule has 0 N–H and O–H groups in total. The fourth-order valence-corrected chi connectivity index (χ4v) is 2.84. The molecule has 0 heterocycles. The lowest BCUT2D eigenvalue weighted by Crippen LogP contribution is -1.95. The van der Waals surface area contributed by atoms with Gasteiger partial charge in [0.1, 0.15) is 6.29 Å². The Kier molecular flexibility index (Phi) is 2.05. The van der Waals surface area contributed by atoms with Crippen molar-refractivity contribution in [2.75, 3.05) is 0 Å². The standard InChI is InChI=1S/C12H18O/c1-12(2)10-6-5-9(4-3-7-13)8-11(10)12/h5,7,10-11H,3-4,6,8H2,1-2H3/t10-,11+/m1/s1. The molecule has 0 unspecified atom stereocenters. The first-order valence-electron chi connectivity index (χ1n) is 5.28. The van der Waals surface area contributed by atoms with Crippen molar-refractivity contribution in [3.8, 4) is 0 Å². The number of aldehydes is 1. The van der Waals surface area contributed by atoms with Gasteiger partial charge in [0.05, 0.1) is 0 Å². The van der Waals surface area contributed by atoms with E-state index in [0.29, 0.717) is 11.8 Å². The van der Waals surface area contributed by atoms with E-state index in [0.717, 1.165) is 24.5 Å². The summed E-state index contributed by atoms with van der Waals surface area (Å²) in [5.41, 5.74) is 2.11. The molecule has 0 aromatic carbocycles. The van der Waals surface area contributed by atoms with Crippen LogP contribution in [0.2, 0.25) is 0 Å². The minimum atomic E-state index is 0.583. The van der Waals surface area contributed by atoms with Gasteiger partial charge in [0, 0.05) is 6.42 Å². The molecule has 0 spiro atoms. The second kappa shape index (κ2) is 2.97. The van der Waals surface area contributed by atoms with Crippen LogP contribution in [0.15, 0.2) is 11.6 Å². The second-order valence-electron chi connectivity index (χ2n) is 5.04. The van der Waals surface area contributed by atoms with Gasteiger partial charge in [-0.2, -0.15) is 0 Å². The molecule has 0 aliphatic heterocycles. The Morgan fingerprint density at radius 1 is 1.54 bits per heavy atom. The van der Waals surface area contributed by atoms with Crippen LogP contribution in [0.1, 0.15) is 39.5 Å². The Morgan fingerprint density at radius 3 is 2.92 bits per heavy atom. The summed E-state index contributed by atoms with van der Waals surface area (Å²) in [6, 6.07) is 0. The molecule has 0 aromatic rings. The molecule has 1 saturated carbocycles. The fourth-order valence-electron chi connectivity index (χ4n) is 2.84. The van der Waals surface area contributed by atoms with Crippen LogP contribution in [-0.2, 0) is 4.79 Å². The number of hydrogen-bond acceptors (Lipinski definition) is 1. The maximum Gasteiger partial charge on any atom is 0.120 e. The summed E-state index contributed by atoms with van der Waals surface area (Å²) in [5, 5.41) is 0. The summed E-state index contributed by atoms with van der Waals surface area (Å²) in [7, 11) is 0. The van der Waals surface area contributed by atoms with Crippen LogP contribution in [0.5, 0.6) is 0 Å². The van der Waals surface area contributed by atoms with Crippen molar-refractivity contribution in [2.45, 2.75) is 39.5 Å². The summed E-state index contributed by atoms with van der Waals surface area (Å²) >= 11 is 0. The summed E-state index contributed by atoms with van der Waals surface area (Å²) in [4.78, 5) is 10.2. The lowest BCUT2D eigenvalue weighted by atomic mass is 9.96. The van der Waals surface area contributed by atoms with Crippen molar-refractivity contribution >= 4 is 6.29 Å². The van der Waals surface area contributed by atoms with Gasteiger partial charge in [0.2, 0.25) is 0 Å². The lowest BCUT2D eigenvalue weighted by Gasteiger charge is -2.09. The predicted molar refractivity (Wildman–Crippen MR) is 53.4 cm³/mol. The Hall–Kier alpha value is -0.590. The van der Waals surface area contributed by atoms with Crippen molar-refractivity contribution in [1.29, 1.82) is 0 Å². The maximum absolute atomic E-state index is 10.2. The van der Waals surface area contributed by atoms with E-state index in [1.165, 1.54) is 18.4 Å². The van der Waals surface area contributed by atoms with Crippen LogP contribution in [0, 0.1) is 17.3 Å². The largest absolute Gasteiger partial charge is 0.303 e. The fraction of sp³-hybridized carbons (Fsp3) is 0.750. The first kappa shape index (κ1) is 8.98. The van der Waals surface area contributed by atoms with E-state index in [-0.39, 0.29) is 0 Å². The minimum absolute atomic E-state index is 0.583. The van der Waals surface area contributed by atoms with Crippen molar-refractivity contribution in [3.05, 3.63) is 11.6 Å². The third-order valence-corrected chi connectivity index (χ3v) is 4.01. The number of carbonyl (C=O) groups is 1. The zero-order chi connectivity index (χ0) is 9.47. The Morgan fingerprint density at radius 2 is 2.31 bits per heavy atom. The Bertz CT molecular complexity index is 250. The van der Waals surface area contributed by atoms with Crippen molar-refractivity contribution in [3.63, 3.8) is 0 Å². The molecule has 1 heteroatoms. The van der Waals surface area contributed by atoms with Gasteiger partial charge in [-0.3, -0.25) is 0 Å². The number of rotatable bonds is 3. The lowest BCUT2D eigenvalue weighted by molar-refractivity contribution is -0.107. The first-order chi connectivity index (χ1) is 6.16. The number of allylic oxidation sites excluding steroid dienone is 2. The SMILES string of the molecule is CC1(C)[C@@H]2CC=C(CCC=O)C[C@@H]21. The molecular formula is C12H18O. The predicted octanol–water partition coefficient (Wildman–Crippen LogP) is 2.96. The van der Waals surface area contributed by atoms with Crippen LogP contribution >= 0.6 is 0 Å². The topological polar surface area (TPSA) is 17.1 Å². The van der Waals surface area contributed by atoms with E-state index < -0.39 is 0 Å². The highest BCUT2D eigenvalue weighted by Gasteiger charge is 2.57. The van der Waals surface area contributed by atoms with Crippen LogP contribution in [0.3, 0.4) is 0 Å². The average molecular weight is 178 g/mol. The number of carbonyl (C=O) groups excluding carboxylic acids is 1. The highest BCUT2D eigenvalue weighted by Crippen LogP contribution is 2.64. The maximum atomic E-state index is 10.2. The molecule has 1 nitrogen and oxygen atoms in total. The second-order valence-corrected chi connectivity index (χ2v) is 5.04. The van der Waals surface area contributed by atoms with E-state index in [1.807, 2.05) is 0 Å². The first-order valence-corrected chi connectivity index (χ1v) is 5.28. The zero-order valence-corrected chi connectivity index (χ0v) is 8.55. The molecule has 2 aliphatic rings. The Balaban J connectivity index is 1.90. The molecule has 2 atom stereocenters. The smallest absolute Gasteiger partial charge is 0.120 e. The number of hydrogen-bond donors (Lipinski definition) is 0. The third kappa shape index (κ3) is 1.45. The van der Waals surface area contributed by atoms with Gasteiger partial charge in [0.15, 0.2) is 0 Å². The van der Waals surface area contributed by atoms with E-state index in [9.17, 15) is 4.79 Å². The van der Waals surface area contributed by atoms with Gasteiger partial charge in [0.25, 0.3) is 0 Å². The molecule has 2 rings (SSSR count). The molecule has 0 aromatic heterocycles. The minimum Gasteiger partial charge on any atom is -0.303 e. The van der Waals surface area contributed by atoms with Gasteiger partial charge in [-0.25, -0.2) is 0 Å². The molecule has 0 radical (unpaired) electrons. The van der Waals surface area contributed by atoms with E-state index >= 15 is 0 Å². The number of fused-ring (bicyclic) bond motifs is 1. The van der Waals surface area contributed by atoms with Gasteiger partial charge in [-0.15, -0.1) is 0 Å². The van der Waals surface area contributed by atoms with Crippen molar-refractivity contribution in [1.82, 2.24) is 0 Å². The molecule has 13 heavy (non-hydrogen) atoms. The highest BCUT2D eigenvalue weighted by molar-refractivity contribution is 5.50. The summed E-state index contributed by atoms with van der Waals surface area (Å²) in [5.74, 6) is 1.85. The summed E-state index contributed by atoms with van der Waals surface area (Å²) < 4.78 is 0. The van der Waals surface area contributed by atoms with Crippen molar-refractivity contribution < 1.29 is 4.79 Å². The molecular weight excluding hydrogens is 160 g/mol. The molecule has 0 bridgehead atoms. The van der Waals surface area contributed by atoms with Crippen molar-refractivity contribution in [2.24, 2.45) is 17.3 Å². The quantitative estimate of drug-likeness (QED) is 0.479. The summed E-state index contributed by atoms with van der Waals surface area (Å²) in [6.45, 7) is 4.75. The average Bonchev–Trinajstić information content (AvgIpc) is 2.66. The van der Waals surface area contributed by atoms with Gasteiger partial charge < -0.3 is 4.79 Å². The van der Waals surface area contributed by atoms with Gasteiger partial charge >= 0.3 is 0 Å². The van der Waals surface area contributed by atoms with Crippen LogP contribution < -0.4 is 0 Å². The van der Waals surface area contributed by atoms with Gasteiger partial charge in [-0.05, 0) is 36.5 Å². The molecule has 1 fully saturated rings. The van der Waals surface area contributed by atoms with Crippen LogP contribution in [0.25, 0.3) is 0 Å². The molecule has 72 valence electrons. The molecule has 2 aliphatic carbocycles. The molecule has 0 saturated heterocycles. The van der Waals surface area contributed by atoms with Crippen LogP contribution in [-0.4, -0.2) is 6.29 Å². The van der Waals surface area contributed by atoms with Gasteiger partial charge in [-0.1, -0.05) is 25.5 Å². The highest BCUT2D eigenvalue weighted by atomic mass is 16.1. The third-order valence-electron chi connectivity index (χ3n) is 4.01. The zero-order valence-electron chi connectivity index (χ0n) is 8.55.